The van der Waals surface area contributed by atoms with Crippen molar-refractivity contribution in [2.75, 3.05) is 11.9 Å². The molecule has 2 N–H and O–H groups in total. The Balaban J connectivity index is 2.04. The van der Waals surface area contributed by atoms with E-state index in [0.717, 1.165) is 31.4 Å². The van der Waals surface area contributed by atoms with Gasteiger partial charge in [-0.1, -0.05) is 6.92 Å². The SMILES string of the molecule is Cc1ccnc(NCC2(C(=O)O)CCC(C)CC2)n1. The van der Waals surface area contributed by atoms with E-state index in [4.69, 9.17) is 0 Å². The molecule has 5 heteroatoms. The van der Waals surface area contributed by atoms with Gasteiger partial charge in [-0.3, -0.25) is 4.79 Å². The van der Waals surface area contributed by atoms with E-state index in [1.54, 1.807) is 6.20 Å². The molecule has 5 nitrogen and oxygen atoms in total. The number of carbonyl (C=O) groups is 1. The van der Waals surface area contributed by atoms with E-state index in [2.05, 4.69) is 22.2 Å². The molecule has 0 unspecified atom stereocenters. The predicted molar refractivity (Wildman–Crippen MR) is 73.0 cm³/mol. The van der Waals surface area contributed by atoms with Crippen LogP contribution in [0, 0.1) is 18.3 Å². The van der Waals surface area contributed by atoms with Gasteiger partial charge >= 0.3 is 5.97 Å². The highest BCUT2D eigenvalue weighted by Crippen LogP contribution is 2.39. The zero-order chi connectivity index (χ0) is 13.9. The minimum absolute atomic E-state index is 0.401. The average Bonchev–Trinajstić information content (AvgIpc) is 2.38. The van der Waals surface area contributed by atoms with E-state index in [-0.39, 0.29) is 0 Å². The topological polar surface area (TPSA) is 75.1 Å². The van der Waals surface area contributed by atoms with Crippen molar-refractivity contribution in [1.29, 1.82) is 0 Å². The molecule has 0 bridgehead atoms. The molecule has 1 aromatic heterocycles. The summed E-state index contributed by atoms with van der Waals surface area (Å²) in [4.78, 5) is 20.0. The highest BCUT2D eigenvalue weighted by molar-refractivity contribution is 5.75. The molecule has 1 aliphatic carbocycles. The molecule has 0 aromatic carbocycles. The first-order chi connectivity index (χ1) is 9.02. The van der Waals surface area contributed by atoms with Gasteiger partial charge in [0.05, 0.1) is 5.41 Å². The van der Waals surface area contributed by atoms with Crippen molar-refractivity contribution in [2.24, 2.45) is 11.3 Å². The maximum absolute atomic E-state index is 11.6. The van der Waals surface area contributed by atoms with E-state index in [9.17, 15) is 9.90 Å². The normalized spacial score (nSPS) is 26.9. The monoisotopic (exact) mass is 263 g/mol. The molecule has 1 fully saturated rings. The van der Waals surface area contributed by atoms with E-state index < -0.39 is 11.4 Å². The van der Waals surface area contributed by atoms with Crippen molar-refractivity contribution in [3.05, 3.63) is 18.0 Å². The summed E-state index contributed by atoms with van der Waals surface area (Å²) in [5, 5.41) is 12.6. The number of hydrogen-bond donors (Lipinski definition) is 2. The summed E-state index contributed by atoms with van der Waals surface area (Å²) in [6.45, 7) is 4.48. The predicted octanol–water partition coefficient (Wildman–Crippen LogP) is 2.48. The third kappa shape index (κ3) is 3.22. The Kier molecular flexibility index (Phi) is 4.02. The van der Waals surface area contributed by atoms with Crippen molar-refractivity contribution in [3.63, 3.8) is 0 Å². The molecule has 1 saturated carbocycles. The molecule has 0 aliphatic heterocycles. The third-order valence-electron chi connectivity index (χ3n) is 4.06. The van der Waals surface area contributed by atoms with Gasteiger partial charge in [0, 0.05) is 18.4 Å². The molecule has 19 heavy (non-hydrogen) atoms. The largest absolute Gasteiger partial charge is 0.481 e. The molecular formula is C14H21N3O2. The zero-order valence-electron chi connectivity index (χ0n) is 11.5. The van der Waals surface area contributed by atoms with E-state index in [0.29, 0.717) is 18.4 Å². The molecular weight excluding hydrogens is 242 g/mol. The zero-order valence-corrected chi connectivity index (χ0v) is 11.5. The molecule has 0 amide bonds. The highest BCUT2D eigenvalue weighted by Gasteiger charge is 2.41. The van der Waals surface area contributed by atoms with Crippen LogP contribution in [0.25, 0.3) is 0 Å². The van der Waals surface area contributed by atoms with Crippen molar-refractivity contribution in [2.45, 2.75) is 39.5 Å². The van der Waals surface area contributed by atoms with Crippen LogP contribution in [0.3, 0.4) is 0 Å². The van der Waals surface area contributed by atoms with Crippen molar-refractivity contribution >= 4 is 11.9 Å². The van der Waals surface area contributed by atoms with Crippen LogP contribution in [0.5, 0.6) is 0 Å². The van der Waals surface area contributed by atoms with Crippen LogP contribution in [-0.2, 0) is 4.79 Å². The average molecular weight is 263 g/mol. The fourth-order valence-corrected chi connectivity index (χ4v) is 2.56. The fourth-order valence-electron chi connectivity index (χ4n) is 2.56. The number of nitrogens with zero attached hydrogens (tertiary/aromatic N) is 2. The number of hydrogen-bond acceptors (Lipinski definition) is 4. The molecule has 0 saturated heterocycles. The molecule has 1 heterocycles. The smallest absolute Gasteiger partial charge is 0.311 e. The third-order valence-corrected chi connectivity index (χ3v) is 4.06. The number of nitrogens with one attached hydrogen (secondary N) is 1. The number of aliphatic carboxylic acids is 1. The van der Waals surface area contributed by atoms with Crippen LogP contribution >= 0.6 is 0 Å². The van der Waals surface area contributed by atoms with Crippen LogP contribution in [0.1, 0.15) is 38.3 Å². The van der Waals surface area contributed by atoms with Gasteiger partial charge in [-0.25, -0.2) is 9.97 Å². The summed E-state index contributed by atoms with van der Waals surface area (Å²) in [7, 11) is 0. The number of carboxylic acids is 1. The molecule has 0 spiro atoms. The Labute approximate surface area is 113 Å². The Bertz CT molecular complexity index is 454. The number of anilines is 1. The molecule has 0 atom stereocenters. The quantitative estimate of drug-likeness (QED) is 0.872. The van der Waals surface area contributed by atoms with E-state index in [1.165, 1.54) is 0 Å². The van der Waals surface area contributed by atoms with Crippen LogP contribution in [-0.4, -0.2) is 27.6 Å². The van der Waals surface area contributed by atoms with Crippen LogP contribution in [0.15, 0.2) is 12.3 Å². The van der Waals surface area contributed by atoms with Crippen LogP contribution in [0.2, 0.25) is 0 Å². The second-order valence-corrected chi connectivity index (χ2v) is 5.64. The van der Waals surface area contributed by atoms with E-state index in [1.807, 2.05) is 13.0 Å². The number of carboxylic acid groups (broad SMARTS) is 1. The van der Waals surface area contributed by atoms with Crippen molar-refractivity contribution in [3.8, 4) is 0 Å². The Hall–Kier alpha value is -1.65. The van der Waals surface area contributed by atoms with Crippen molar-refractivity contribution in [1.82, 2.24) is 9.97 Å². The molecule has 1 aromatic rings. The lowest BCUT2D eigenvalue weighted by Gasteiger charge is -2.35. The fraction of sp³-hybridized carbons (Fsp3) is 0.643. The van der Waals surface area contributed by atoms with Gasteiger partial charge < -0.3 is 10.4 Å². The first-order valence-corrected chi connectivity index (χ1v) is 6.79. The van der Waals surface area contributed by atoms with Gasteiger partial charge in [-0.2, -0.15) is 0 Å². The maximum atomic E-state index is 11.6. The van der Waals surface area contributed by atoms with Gasteiger partial charge in [-0.15, -0.1) is 0 Å². The lowest BCUT2D eigenvalue weighted by atomic mass is 9.71. The summed E-state index contributed by atoms with van der Waals surface area (Å²) >= 11 is 0. The maximum Gasteiger partial charge on any atom is 0.311 e. The van der Waals surface area contributed by atoms with Crippen LogP contribution < -0.4 is 5.32 Å². The molecule has 1 aliphatic rings. The summed E-state index contributed by atoms with van der Waals surface area (Å²) < 4.78 is 0. The van der Waals surface area contributed by atoms with Gasteiger partial charge in [0.25, 0.3) is 0 Å². The minimum atomic E-state index is -0.709. The molecule has 104 valence electrons. The number of aryl methyl sites for hydroxylation is 1. The lowest BCUT2D eigenvalue weighted by Crippen LogP contribution is -2.41. The molecule has 0 radical (unpaired) electrons. The standard InChI is InChI=1S/C14H21N3O2/c1-10-3-6-14(7-4-10,12(18)19)9-16-13-15-8-5-11(2)17-13/h5,8,10H,3-4,6-7,9H2,1-2H3,(H,18,19)(H,15,16,17). The second-order valence-electron chi connectivity index (χ2n) is 5.64. The van der Waals surface area contributed by atoms with E-state index >= 15 is 0 Å². The van der Waals surface area contributed by atoms with Gasteiger partial charge in [0.1, 0.15) is 0 Å². The number of aromatic nitrogens is 2. The van der Waals surface area contributed by atoms with Gasteiger partial charge in [0.15, 0.2) is 0 Å². The lowest BCUT2D eigenvalue weighted by molar-refractivity contribution is -0.150. The second kappa shape index (κ2) is 5.55. The first kappa shape index (κ1) is 13.8. The summed E-state index contributed by atoms with van der Waals surface area (Å²) in [6.07, 6.45) is 5.08. The molecule has 2 rings (SSSR count). The highest BCUT2D eigenvalue weighted by atomic mass is 16.4. The Morgan fingerprint density at radius 2 is 2.21 bits per heavy atom. The number of rotatable bonds is 4. The summed E-state index contributed by atoms with van der Waals surface area (Å²) in [5.74, 6) is 0.432. The van der Waals surface area contributed by atoms with Crippen LogP contribution in [0.4, 0.5) is 5.95 Å². The first-order valence-electron chi connectivity index (χ1n) is 6.79. The Morgan fingerprint density at radius 3 is 2.79 bits per heavy atom. The summed E-state index contributed by atoms with van der Waals surface area (Å²) in [6, 6.07) is 1.82. The van der Waals surface area contributed by atoms with Crippen molar-refractivity contribution < 1.29 is 9.90 Å². The minimum Gasteiger partial charge on any atom is -0.481 e. The Morgan fingerprint density at radius 1 is 1.53 bits per heavy atom. The summed E-state index contributed by atoms with van der Waals surface area (Å²) in [5.41, 5.74) is 0.207. The van der Waals surface area contributed by atoms with Gasteiger partial charge in [-0.05, 0) is 44.6 Å². The van der Waals surface area contributed by atoms with Gasteiger partial charge in [0.2, 0.25) is 5.95 Å².